The second-order valence-corrected chi connectivity index (χ2v) is 3.27. The zero-order valence-corrected chi connectivity index (χ0v) is 7.28. The van der Waals surface area contributed by atoms with Gasteiger partial charge in [0, 0.05) is 12.8 Å². The van der Waals surface area contributed by atoms with Gasteiger partial charge in [0.05, 0.1) is 12.3 Å². The van der Waals surface area contributed by atoms with E-state index in [1.807, 2.05) is 0 Å². The first-order chi connectivity index (χ1) is 6.11. The third-order valence-electron chi connectivity index (χ3n) is 2.28. The minimum absolute atomic E-state index is 0.00819. The maximum absolute atomic E-state index is 11.3. The zero-order valence-electron chi connectivity index (χ0n) is 7.28. The number of hydrogen-bond donors (Lipinski definition) is 1. The van der Waals surface area contributed by atoms with Crippen LogP contribution in [0, 0.1) is 5.92 Å². The Balaban J connectivity index is 2.39. The van der Waals surface area contributed by atoms with E-state index in [4.69, 9.17) is 5.11 Å². The summed E-state index contributed by atoms with van der Waals surface area (Å²) in [6.07, 6.45) is 1.68. The summed E-state index contributed by atoms with van der Waals surface area (Å²) in [5, 5.41) is 8.33. The summed E-state index contributed by atoms with van der Waals surface area (Å²) >= 11 is 0. The number of carbonyl (C=O) groups is 3. The predicted molar refractivity (Wildman–Crippen MR) is 44.2 cm³/mol. The van der Waals surface area contributed by atoms with Crippen LogP contribution >= 0.6 is 0 Å². The highest BCUT2D eigenvalue weighted by molar-refractivity contribution is 6.04. The molecule has 1 N–H and O–H groups in total. The molecular weight excluding hydrogens is 172 g/mol. The van der Waals surface area contributed by atoms with E-state index in [1.165, 1.54) is 0 Å². The van der Waals surface area contributed by atoms with Crippen molar-refractivity contribution < 1.29 is 19.5 Å². The lowest BCUT2D eigenvalue weighted by Crippen LogP contribution is -2.19. The molecule has 0 spiro atoms. The molecule has 0 aromatic rings. The van der Waals surface area contributed by atoms with Crippen molar-refractivity contribution in [3.05, 3.63) is 0 Å². The van der Waals surface area contributed by atoms with Crippen molar-refractivity contribution in [3.63, 3.8) is 0 Å². The van der Waals surface area contributed by atoms with Gasteiger partial charge in [-0.2, -0.15) is 0 Å². The van der Waals surface area contributed by atoms with Gasteiger partial charge in [-0.1, -0.05) is 0 Å². The van der Waals surface area contributed by atoms with Crippen LogP contribution in [0.2, 0.25) is 0 Å². The first kappa shape index (κ1) is 9.89. The van der Waals surface area contributed by atoms with Crippen molar-refractivity contribution >= 4 is 17.5 Å². The Morgan fingerprint density at radius 3 is 2.54 bits per heavy atom. The number of carbonyl (C=O) groups excluding carboxylic acids is 2. The summed E-state index contributed by atoms with van der Waals surface area (Å²) in [6.45, 7) is 0. The molecule has 0 heterocycles. The summed E-state index contributed by atoms with van der Waals surface area (Å²) in [5.74, 6) is -1.71. The highest BCUT2D eigenvalue weighted by Gasteiger charge is 2.30. The molecule has 0 aliphatic heterocycles. The van der Waals surface area contributed by atoms with E-state index >= 15 is 0 Å². The normalized spacial score (nSPS) is 21.8. The quantitative estimate of drug-likeness (QED) is 0.655. The average Bonchev–Trinajstić information content (AvgIpc) is 2.47. The molecular formula is C9H12O4. The molecule has 1 saturated carbocycles. The Bertz CT molecular complexity index is 244. The molecule has 1 unspecified atom stereocenters. The van der Waals surface area contributed by atoms with Gasteiger partial charge in [0.1, 0.15) is 11.6 Å². The number of carboxylic acids is 1. The van der Waals surface area contributed by atoms with E-state index in [-0.39, 0.29) is 24.4 Å². The fourth-order valence-corrected chi connectivity index (χ4v) is 1.56. The van der Waals surface area contributed by atoms with Crippen molar-refractivity contribution in [1.82, 2.24) is 0 Å². The highest BCUT2D eigenvalue weighted by atomic mass is 16.4. The Morgan fingerprint density at radius 1 is 1.38 bits per heavy atom. The second kappa shape index (κ2) is 4.16. The molecule has 1 atom stereocenters. The van der Waals surface area contributed by atoms with Crippen LogP contribution < -0.4 is 0 Å². The lowest BCUT2D eigenvalue weighted by atomic mass is 9.98. The van der Waals surface area contributed by atoms with E-state index < -0.39 is 11.9 Å². The van der Waals surface area contributed by atoms with Crippen LogP contribution in [0.4, 0.5) is 0 Å². The highest BCUT2D eigenvalue weighted by Crippen LogP contribution is 2.23. The monoisotopic (exact) mass is 184 g/mol. The summed E-state index contributed by atoms with van der Waals surface area (Å²) in [5.41, 5.74) is 0. The predicted octanol–water partition coefficient (Wildman–Crippen LogP) is 0.790. The third kappa shape index (κ3) is 2.65. The molecule has 1 fully saturated rings. The maximum atomic E-state index is 11.3. The average molecular weight is 184 g/mol. The summed E-state index contributed by atoms with van der Waals surface area (Å²) < 4.78 is 0. The van der Waals surface area contributed by atoms with Crippen molar-refractivity contribution in [2.45, 2.75) is 32.1 Å². The van der Waals surface area contributed by atoms with E-state index in [0.717, 1.165) is 6.42 Å². The molecule has 4 nitrogen and oxygen atoms in total. The first-order valence-electron chi connectivity index (χ1n) is 4.38. The molecule has 0 amide bonds. The number of aliphatic carboxylic acids is 1. The molecule has 0 radical (unpaired) electrons. The van der Waals surface area contributed by atoms with Crippen LogP contribution in [0.1, 0.15) is 32.1 Å². The number of rotatable bonds is 4. The Labute approximate surface area is 75.9 Å². The van der Waals surface area contributed by atoms with Gasteiger partial charge in [-0.25, -0.2) is 0 Å². The van der Waals surface area contributed by atoms with Gasteiger partial charge in [0.15, 0.2) is 0 Å². The number of ketones is 2. The number of hydrogen-bond acceptors (Lipinski definition) is 3. The van der Waals surface area contributed by atoms with Gasteiger partial charge in [-0.3, -0.25) is 14.4 Å². The van der Waals surface area contributed by atoms with Crippen molar-refractivity contribution in [1.29, 1.82) is 0 Å². The molecule has 0 aromatic carbocycles. The van der Waals surface area contributed by atoms with Crippen LogP contribution in [-0.4, -0.2) is 22.6 Å². The largest absolute Gasteiger partial charge is 0.481 e. The van der Waals surface area contributed by atoms with Crippen LogP contribution in [0.5, 0.6) is 0 Å². The van der Waals surface area contributed by atoms with Crippen molar-refractivity contribution in [2.75, 3.05) is 0 Å². The lowest BCUT2D eigenvalue weighted by molar-refractivity contribution is -0.140. The molecule has 4 heteroatoms. The Morgan fingerprint density at radius 2 is 2.08 bits per heavy atom. The minimum Gasteiger partial charge on any atom is -0.481 e. The Kier molecular flexibility index (Phi) is 3.17. The fourth-order valence-electron chi connectivity index (χ4n) is 1.56. The molecule has 1 rings (SSSR count). The summed E-state index contributed by atoms with van der Waals surface area (Å²) in [7, 11) is 0. The van der Waals surface area contributed by atoms with Gasteiger partial charge in [0.25, 0.3) is 0 Å². The van der Waals surface area contributed by atoms with Gasteiger partial charge in [0.2, 0.25) is 0 Å². The maximum Gasteiger partial charge on any atom is 0.303 e. The topological polar surface area (TPSA) is 71.4 Å². The van der Waals surface area contributed by atoms with E-state index in [0.29, 0.717) is 12.8 Å². The first-order valence-corrected chi connectivity index (χ1v) is 4.38. The van der Waals surface area contributed by atoms with Gasteiger partial charge >= 0.3 is 5.97 Å². The smallest absolute Gasteiger partial charge is 0.303 e. The van der Waals surface area contributed by atoms with E-state index in [9.17, 15) is 14.4 Å². The van der Waals surface area contributed by atoms with E-state index in [2.05, 4.69) is 0 Å². The SMILES string of the molecule is O=C(O)CCC(=O)C1CCCC1=O. The van der Waals surface area contributed by atoms with Gasteiger partial charge < -0.3 is 5.11 Å². The van der Waals surface area contributed by atoms with Gasteiger partial charge in [-0.05, 0) is 12.8 Å². The molecule has 0 saturated heterocycles. The number of carboxylic acid groups (broad SMARTS) is 1. The zero-order chi connectivity index (χ0) is 9.84. The second-order valence-electron chi connectivity index (χ2n) is 3.27. The van der Waals surface area contributed by atoms with Crippen LogP contribution in [-0.2, 0) is 14.4 Å². The van der Waals surface area contributed by atoms with Crippen LogP contribution in [0.15, 0.2) is 0 Å². The van der Waals surface area contributed by atoms with Gasteiger partial charge in [-0.15, -0.1) is 0 Å². The number of Topliss-reactive ketones (excluding diaryl/α,β-unsaturated/α-hetero) is 2. The standard InChI is InChI=1S/C9H12O4/c10-7-3-1-2-6(7)8(11)4-5-9(12)13/h6H,1-5H2,(H,12,13). The fraction of sp³-hybridized carbons (Fsp3) is 0.667. The van der Waals surface area contributed by atoms with Crippen molar-refractivity contribution in [3.8, 4) is 0 Å². The Hall–Kier alpha value is -1.19. The molecule has 0 bridgehead atoms. The summed E-state index contributed by atoms with van der Waals surface area (Å²) in [4.78, 5) is 32.5. The third-order valence-corrected chi connectivity index (χ3v) is 2.28. The van der Waals surface area contributed by atoms with Crippen LogP contribution in [0.3, 0.4) is 0 Å². The molecule has 1 aliphatic carbocycles. The molecule has 0 aromatic heterocycles. The lowest BCUT2D eigenvalue weighted by Gasteiger charge is -2.04. The minimum atomic E-state index is -0.987. The van der Waals surface area contributed by atoms with Crippen LogP contribution in [0.25, 0.3) is 0 Å². The molecule has 72 valence electrons. The van der Waals surface area contributed by atoms with Crippen molar-refractivity contribution in [2.24, 2.45) is 5.92 Å². The molecule has 13 heavy (non-hydrogen) atoms. The van der Waals surface area contributed by atoms with E-state index in [1.54, 1.807) is 0 Å². The summed E-state index contributed by atoms with van der Waals surface area (Å²) in [6, 6.07) is 0. The molecule has 1 aliphatic rings.